The molecule has 0 saturated carbocycles. The molecule has 0 spiro atoms. The Labute approximate surface area is 176 Å². The first-order chi connectivity index (χ1) is 14.5. The molecule has 2 fully saturated rings. The number of amides is 1. The van der Waals surface area contributed by atoms with Crippen LogP contribution in [0.15, 0.2) is 23.2 Å². The number of carbonyl (C=O) groups excluding carboxylic acids is 1. The minimum atomic E-state index is -0.834. The summed E-state index contributed by atoms with van der Waals surface area (Å²) < 4.78 is 31.9. The van der Waals surface area contributed by atoms with Gasteiger partial charge in [-0.25, -0.2) is 8.78 Å². The molecule has 2 heterocycles. The molecule has 1 N–H and O–H groups in total. The van der Waals surface area contributed by atoms with E-state index in [1.165, 1.54) is 6.07 Å². The smallest absolute Gasteiger partial charge is 0.236 e. The first kappa shape index (κ1) is 22.4. The van der Waals surface area contributed by atoms with Gasteiger partial charge in [-0.2, -0.15) is 0 Å². The third-order valence-corrected chi connectivity index (χ3v) is 5.69. The predicted molar refractivity (Wildman–Crippen MR) is 112 cm³/mol. The van der Waals surface area contributed by atoms with Crippen LogP contribution < -0.4 is 5.32 Å². The first-order valence-electron chi connectivity index (χ1n) is 10.5. The maximum absolute atomic E-state index is 13.5. The van der Waals surface area contributed by atoms with Gasteiger partial charge in [0.25, 0.3) is 0 Å². The van der Waals surface area contributed by atoms with Crippen LogP contribution in [0.1, 0.15) is 18.4 Å². The number of carbonyl (C=O) groups is 1. The number of piperazine rings is 1. The summed E-state index contributed by atoms with van der Waals surface area (Å²) in [5.74, 6) is -0.714. The molecule has 2 aliphatic rings. The van der Waals surface area contributed by atoms with Gasteiger partial charge >= 0.3 is 0 Å². The summed E-state index contributed by atoms with van der Waals surface area (Å²) in [7, 11) is 1.74. The molecule has 1 amide bonds. The van der Waals surface area contributed by atoms with E-state index in [-0.39, 0.29) is 11.8 Å². The summed E-state index contributed by atoms with van der Waals surface area (Å²) >= 11 is 0. The first-order valence-corrected chi connectivity index (χ1v) is 10.5. The monoisotopic (exact) mass is 423 g/mol. The summed E-state index contributed by atoms with van der Waals surface area (Å²) in [6.45, 7) is 8.66. The van der Waals surface area contributed by atoms with Crippen molar-refractivity contribution in [3.63, 3.8) is 0 Å². The number of aliphatic imine (C=N–C) groups is 1. The van der Waals surface area contributed by atoms with Crippen LogP contribution in [0, 0.1) is 11.6 Å². The molecule has 1 aromatic rings. The lowest BCUT2D eigenvalue weighted by atomic mass is 10.0. The molecule has 0 aromatic heterocycles. The quantitative estimate of drug-likeness (QED) is 0.568. The van der Waals surface area contributed by atoms with Gasteiger partial charge in [0.2, 0.25) is 5.91 Å². The number of ether oxygens (including phenoxy) is 1. The molecule has 30 heavy (non-hydrogen) atoms. The molecular weight excluding hydrogens is 392 g/mol. The summed E-state index contributed by atoms with van der Waals surface area (Å²) in [5.41, 5.74) is 0.739. The highest BCUT2D eigenvalue weighted by atomic mass is 19.2. The Morgan fingerprint density at radius 1 is 1.10 bits per heavy atom. The van der Waals surface area contributed by atoms with Crippen LogP contribution in [0.25, 0.3) is 0 Å². The highest BCUT2D eigenvalue weighted by Gasteiger charge is 2.24. The fourth-order valence-corrected chi connectivity index (χ4v) is 3.74. The molecule has 166 valence electrons. The van der Waals surface area contributed by atoms with Crippen LogP contribution in [0.4, 0.5) is 8.78 Å². The number of hydrogen-bond donors (Lipinski definition) is 1. The van der Waals surface area contributed by atoms with Crippen molar-refractivity contribution in [2.45, 2.75) is 12.8 Å². The van der Waals surface area contributed by atoms with Crippen LogP contribution in [0.2, 0.25) is 0 Å². The Bertz CT molecular complexity index is 747. The topological polar surface area (TPSA) is 60.4 Å². The van der Waals surface area contributed by atoms with Gasteiger partial charge in [-0.3, -0.25) is 14.7 Å². The van der Waals surface area contributed by atoms with Crippen LogP contribution in [-0.4, -0.2) is 99.2 Å². The average molecular weight is 424 g/mol. The summed E-state index contributed by atoms with van der Waals surface area (Å²) in [6.07, 6.45) is 0. The number of rotatable bonds is 5. The van der Waals surface area contributed by atoms with Gasteiger partial charge in [-0.05, 0) is 23.6 Å². The lowest BCUT2D eigenvalue weighted by molar-refractivity contribution is -0.136. The van der Waals surface area contributed by atoms with Crippen molar-refractivity contribution in [1.29, 1.82) is 0 Å². The number of halogens is 2. The fourth-order valence-electron chi connectivity index (χ4n) is 3.74. The van der Waals surface area contributed by atoms with Gasteiger partial charge < -0.3 is 19.9 Å². The van der Waals surface area contributed by atoms with Crippen molar-refractivity contribution >= 4 is 11.9 Å². The van der Waals surface area contributed by atoms with Gasteiger partial charge in [-0.1, -0.05) is 13.0 Å². The lowest BCUT2D eigenvalue weighted by Gasteiger charge is -2.37. The van der Waals surface area contributed by atoms with E-state index < -0.39 is 11.6 Å². The van der Waals surface area contributed by atoms with Gasteiger partial charge in [0, 0.05) is 52.9 Å². The molecule has 0 bridgehead atoms. The number of benzene rings is 1. The molecule has 1 atom stereocenters. The van der Waals surface area contributed by atoms with Gasteiger partial charge in [0.15, 0.2) is 17.6 Å². The fraction of sp³-hybridized carbons (Fsp3) is 0.619. The Balaban J connectivity index is 1.44. The third-order valence-electron chi connectivity index (χ3n) is 5.69. The normalized spacial score (nSPS) is 19.7. The Kier molecular flexibility index (Phi) is 7.98. The number of nitrogens with one attached hydrogen (secondary N) is 1. The Hall–Kier alpha value is -2.26. The highest BCUT2D eigenvalue weighted by Crippen LogP contribution is 2.17. The van der Waals surface area contributed by atoms with Crippen LogP contribution in [0.5, 0.6) is 0 Å². The van der Waals surface area contributed by atoms with E-state index >= 15 is 0 Å². The molecule has 9 heteroatoms. The van der Waals surface area contributed by atoms with Crippen molar-refractivity contribution < 1.29 is 18.3 Å². The predicted octanol–water partition coefficient (Wildman–Crippen LogP) is 1.12. The second-order valence-electron chi connectivity index (χ2n) is 7.76. The minimum Gasteiger partial charge on any atom is -0.378 e. The summed E-state index contributed by atoms with van der Waals surface area (Å²) in [4.78, 5) is 23.0. The van der Waals surface area contributed by atoms with Gasteiger partial charge in [0.05, 0.1) is 19.8 Å². The largest absolute Gasteiger partial charge is 0.378 e. The van der Waals surface area contributed by atoms with Crippen molar-refractivity contribution in [3.8, 4) is 0 Å². The van der Waals surface area contributed by atoms with Crippen LogP contribution >= 0.6 is 0 Å². The second-order valence-corrected chi connectivity index (χ2v) is 7.76. The van der Waals surface area contributed by atoms with Crippen LogP contribution in [0.3, 0.4) is 0 Å². The molecular formula is C21H31F2N5O2. The molecule has 2 saturated heterocycles. The molecule has 1 aromatic carbocycles. The zero-order chi connectivity index (χ0) is 21.5. The summed E-state index contributed by atoms with van der Waals surface area (Å²) in [5, 5.41) is 3.33. The maximum atomic E-state index is 13.5. The van der Waals surface area contributed by atoms with Crippen molar-refractivity contribution in [1.82, 2.24) is 20.0 Å². The average Bonchev–Trinajstić information content (AvgIpc) is 2.77. The van der Waals surface area contributed by atoms with Crippen molar-refractivity contribution in [3.05, 3.63) is 35.4 Å². The molecule has 1 unspecified atom stereocenters. The van der Waals surface area contributed by atoms with E-state index in [2.05, 4.69) is 20.1 Å². The van der Waals surface area contributed by atoms with Crippen molar-refractivity contribution in [2.24, 2.45) is 4.99 Å². The number of hydrogen-bond acceptors (Lipinski definition) is 4. The lowest BCUT2D eigenvalue weighted by Crippen LogP contribution is -2.55. The Morgan fingerprint density at radius 2 is 1.80 bits per heavy atom. The van der Waals surface area contributed by atoms with E-state index in [9.17, 15) is 13.6 Å². The molecule has 0 radical (unpaired) electrons. The van der Waals surface area contributed by atoms with E-state index in [4.69, 9.17) is 4.74 Å². The van der Waals surface area contributed by atoms with Crippen LogP contribution in [-0.2, 0) is 9.53 Å². The number of guanidine groups is 1. The molecule has 2 aliphatic heterocycles. The molecule has 7 nitrogen and oxygen atoms in total. The van der Waals surface area contributed by atoms with Gasteiger partial charge in [0.1, 0.15) is 0 Å². The SMILES string of the molecule is CN=C(NCC(C)c1ccc(F)c(F)c1)N1CCN(CC(=O)N2CCOCC2)CC1. The number of morpholine rings is 1. The van der Waals surface area contributed by atoms with Crippen molar-refractivity contribution in [2.75, 3.05) is 72.6 Å². The second kappa shape index (κ2) is 10.7. The standard InChI is InChI=1S/C21H31F2N5O2/c1-16(17-3-4-18(22)19(23)13-17)14-25-21(24-2)28-7-5-26(6-8-28)15-20(29)27-9-11-30-12-10-27/h3-4,13,16H,5-12,14-15H2,1-2H3,(H,24,25). The minimum absolute atomic E-state index is 0.00397. The van der Waals surface area contributed by atoms with Gasteiger partial charge in [-0.15, -0.1) is 0 Å². The van der Waals surface area contributed by atoms with E-state index in [1.807, 2.05) is 11.8 Å². The van der Waals surface area contributed by atoms with E-state index in [0.717, 1.165) is 43.8 Å². The van der Waals surface area contributed by atoms with E-state index in [1.54, 1.807) is 13.1 Å². The third kappa shape index (κ3) is 5.89. The zero-order valence-corrected chi connectivity index (χ0v) is 17.7. The van der Waals surface area contributed by atoms with E-state index in [0.29, 0.717) is 39.4 Å². The Morgan fingerprint density at radius 3 is 2.43 bits per heavy atom. The maximum Gasteiger partial charge on any atom is 0.236 e. The molecule has 0 aliphatic carbocycles. The summed E-state index contributed by atoms with van der Waals surface area (Å²) in [6, 6.07) is 4.01. The molecule has 3 rings (SSSR count). The highest BCUT2D eigenvalue weighted by molar-refractivity contribution is 5.80. The number of nitrogens with zero attached hydrogens (tertiary/aromatic N) is 4. The zero-order valence-electron chi connectivity index (χ0n) is 17.7.